The Bertz CT molecular complexity index is 1510. The van der Waals surface area contributed by atoms with Gasteiger partial charge in [-0.05, 0) is 32.4 Å². The van der Waals surface area contributed by atoms with Gasteiger partial charge in [0.2, 0.25) is 0 Å². The number of hydrogen-bond donors (Lipinski definition) is 2. The van der Waals surface area contributed by atoms with E-state index in [9.17, 15) is 5.26 Å². The van der Waals surface area contributed by atoms with Gasteiger partial charge in [-0.2, -0.15) is 10.4 Å². The van der Waals surface area contributed by atoms with Crippen molar-refractivity contribution in [2.45, 2.75) is 31.9 Å². The molecular weight excluding hydrogens is 513 g/mol. The predicted octanol–water partition coefficient (Wildman–Crippen LogP) is 5.27. The monoisotopic (exact) mass is 537 g/mol. The first kappa shape index (κ1) is 25.1. The van der Waals surface area contributed by atoms with Gasteiger partial charge >= 0.3 is 0 Å². The second kappa shape index (κ2) is 9.71. The molecule has 9 nitrogen and oxygen atoms in total. The van der Waals surface area contributed by atoms with E-state index >= 15 is 0 Å². The van der Waals surface area contributed by atoms with Crippen LogP contribution in [0.5, 0.6) is 11.5 Å². The largest absolute Gasteiger partial charge is 0.493 e. The summed E-state index contributed by atoms with van der Waals surface area (Å²) >= 11 is 12.7. The number of nitrogens with zero attached hydrogens (tertiary/aromatic N) is 5. The summed E-state index contributed by atoms with van der Waals surface area (Å²) in [5.74, 6) is 1.63. The zero-order valence-corrected chi connectivity index (χ0v) is 22.1. The van der Waals surface area contributed by atoms with Crippen LogP contribution in [-0.2, 0) is 0 Å². The summed E-state index contributed by atoms with van der Waals surface area (Å²) in [4.78, 5) is 10.7. The number of aromatic nitrogens is 4. The third-order valence-corrected chi connectivity index (χ3v) is 7.12. The predicted molar refractivity (Wildman–Crippen MR) is 143 cm³/mol. The molecule has 3 N–H and O–H groups in total. The van der Waals surface area contributed by atoms with E-state index in [0.29, 0.717) is 56.3 Å². The average molecular weight is 538 g/mol. The summed E-state index contributed by atoms with van der Waals surface area (Å²) in [7, 11) is 1.56. The Balaban J connectivity index is 1.52. The summed E-state index contributed by atoms with van der Waals surface area (Å²) in [5.41, 5.74) is 9.15. The van der Waals surface area contributed by atoms with Gasteiger partial charge in [0.05, 0.1) is 28.2 Å². The topological polar surface area (TPSA) is 126 Å². The van der Waals surface area contributed by atoms with Crippen LogP contribution in [0.15, 0.2) is 36.8 Å². The van der Waals surface area contributed by atoms with Crippen molar-refractivity contribution < 1.29 is 9.47 Å². The number of aromatic amines is 1. The third-order valence-electron chi connectivity index (χ3n) is 6.51. The van der Waals surface area contributed by atoms with Crippen molar-refractivity contribution >= 4 is 39.9 Å². The van der Waals surface area contributed by atoms with Crippen molar-refractivity contribution in [2.24, 2.45) is 5.73 Å². The van der Waals surface area contributed by atoms with E-state index < -0.39 is 6.10 Å². The number of pyridine rings is 2. The summed E-state index contributed by atoms with van der Waals surface area (Å²) in [5, 5.41) is 19.0. The first-order valence-corrected chi connectivity index (χ1v) is 12.4. The van der Waals surface area contributed by atoms with Gasteiger partial charge in [-0.3, -0.25) is 10.1 Å². The van der Waals surface area contributed by atoms with Crippen molar-refractivity contribution in [3.63, 3.8) is 0 Å². The van der Waals surface area contributed by atoms with Crippen molar-refractivity contribution in [3.8, 4) is 28.8 Å². The van der Waals surface area contributed by atoms with Gasteiger partial charge in [-0.15, -0.1) is 0 Å². The van der Waals surface area contributed by atoms with Gasteiger partial charge < -0.3 is 20.1 Å². The van der Waals surface area contributed by atoms with Gasteiger partial charge in [0.15, 0.2) is 11.5 Å². The maximum Gasteiger partial charge on any atom is 0.162 e. The van der Waals surface area contributed by atoms with E-state index in [0.717, 1.165) is 23.9 Å². The highest BCUT2D eigenvalue weighted by Gasteiger charge is 2.32. The number of ether oxygens (including phenoxy) is 2. The third kappa shape index (κ3) is 4.76. The molecule has 0 spiro atoms. The molecule has 1 fully saturated rings. The Morgan fingerprint density at radius 2 is 1.95 bits per heavy atom. The number of rotatable bonds is 6. The molecular formula is C26H25Cl2N7O2. The van der Waals surface area contributed by atoms with Crippen LogP contribution in [0.4, 0.5) is 5.82 Å². The first-order valence-electron chi connectivity index (χ1n) is 11.7. The summed E-state index contributed by atoms with van der Waals surface area (Å²) in [6.07, 6.45) is 5.13. The minimum atomic E-state index is -0.482. The molecule has 0 bridgehead atoms. The number of nitrogens with one attached hydrogen (secondary N) is 1. The lowest BCUT2D eigenvalue weighted by molar-refractivity contribution is 0.216. The maximum atomic E-state index is 9.87. The molecule has 190 valence electrons. The summed E-state index contributed by atoms with van der Waals surface area (Å²) in [6.45, 7) is 5.25. The van der Waals surface area contributed by atoms with Crippen LogP contribution in [0.25, 0.3) is 22.2 Å². The van der Waals surface area contributed by atoms with E-state index in [1.54, 1.807) is 19.4 Å². The number of nitriles is 1. The van der Waals surface area contributed by atoms with Crippen LogP contribution in [-0.4, -0.2) is 45.9 Å². The molecule has 0 aliphatic carbocycles. The minimum Gasteiger partial charge on any atom is -0.493 e. The molecule has 4 aromatic rings. The number of benzene rings is 1. The SMILES string of the molecule is COc1cc2[nH]nc(-c3cnc(N4CC[C@](C)(N)C4)c(C#N)c3)c2cc1O[C@H](C)c1c(Cl)cncc1Cl. The molecule has 1 saturated heterocycles. The quantitative estimate of drug-likeness (QED) is 0.340. The number of methoxy groups -OCH3 is 1. The van der Waals surface area contributed by atoms with Crippen LogP contribution in [0.1, 0.15) is 37.5 Å². The molecule has 1 aromatic carbocycles. The number of nitrogens with two attached hydrogens (primary N) is 1. The number of hydrogen-bond acceptors (Lipinski definition) is 8. The normalized spacial score (nSPS) is 18.1. The Morgan fingerprint density at radius 3 is 2.59 bits per heavy atom. The van der Waals surface area contributed by atoms with Crippen LogP contribution in [0.2, 0.25) is 10.0 Å². The lowest BCUT2D eigenvalue weighted by Gasteiger charge is -2.21. The lowest BCUT2D eigenvalue weighted by Crippen LogP contribution is -2.39. The highest BCUT2D eigenvalue weighted by Crippen LogP contribution is 2.40. The van der Waals surface area contributed by atoms with Gasteiger partial charge in [-0.1, -0.05) is 23.2 Å². The smallest absolute Gasteiger partial charge is 0.162 e. The molecule has 0 unspecified atom stereocenters. The zero-order chi connectivity index (χ0) is 26.3. The van der Waals surface area contributed by atoms with Crippen molar-refractivity contribution in [1.29, 1.82) is 5.26 Å². The van der Waals surface area contributed by atoms with Gasteiger partial charge in [0.1, 0.15) is 23.7 Å². The summed E-state index contributed by atoms with van der Waals surface area (Å²) in [6, 6.07) is 7.73. The van der Waals surface area contributed by atoms with Crippen LogP contribution in [0.3, 0.4) is 0 Å². The van der Waals surface area contributed by atoms with E-state index in [2.05, 4.69) is 31.1 Å². The zero-order valence-electron chi connectivity index (χ0n) is 20.5. The molecule has 4 heterocycles. The molecule has 1 aliphatic heterocycles. The Hall–Kier alpha value is -3.58. The maximum absolute atomic E-state index is 9.87. The molecule has 0 saturated carbocycles. The number of H-pyrrole nitrogens is 1. The average Bonchev–Trinajstić information content (AvgIpc) is 3.45. The van der Waals surface area contributed by atoms with Gasteiger partial charge in [0, 0.05) is 59.8 Å². The van der Waals surface area contributed by atoms with Crippen LogP contribution in [0, 0.1) is 11.3 Å². The van der Waals surface area contributed by atoms with Crippen molar-refractivity contribution in [2.75, 3.05) is 25.1 Å². The standard InChI is InChI=1S/C26H25Cl2N7O2/c1-14(23-18(27)11-31-12-19(23)28)37-22-7-17-20(8-21(22)36-3)33-34-24(17)16-6-15(9-29)25(32-10-16)35-5-4-26(2,30)13-35/h6-8,10-12,14H,4-5,13,30H2,1-3H3,(H,33,34)/t14-,26+/m1/s1. The van der Waals surface area contributed by atoms with Crippen molar-refractivity contribution in [1.82, 2.24) is 20.2 Å². The van der Waals surface area contributed by atoms with E-state index in [1.165, 1.54) is 12.4 Å². The molecule has 0 radical (unpaired) electrons. The molecule has 37 heavy (non-hydrogen) atoms. The Kier molecular flexibility index (Phi) is 6.58. The minimum absolute atomic E-state index is 0.303. The highest BCUT2D eigenvalue weighted by molar-refractivity contribution is 6.35. The number of fused-ring (bicyclic) bond motifs is 1. The van der Waals surface area contributed by atoms with Crippen LogP contribution >= 0.6 is 23.2 Å². The van der Waals surface area contributed by atoms with E-state index in [-0.39, 0.29) is 5.54 Å². The molecule has 1 aliphatic rings. The second-order valence-electron chi connectivity index (χ2n) is 9.43. The van der Waals surface area contributed by atoms with Crippen LogP contribution < -0.4 is 20.1 Å². The van der Waals surface area contributed by atoms with E-state index in [4.69, 9.17) is 38.4 Å². The van der Waals surface area contributed by atoms with Gasteiger partial charge in [-0.25, -0.2) is 4.98 Å². The molecule has 0 amide bonds. The Labute approximate surface area is 224 Å². The lowest BCUT2D eigenvalue weighted by atomic mass is 10.0. The fraction of sp³-hybridized carbons (Fsp3) is 0.308. The fourth-order valence-corrected chi connectivity index (χ4v) is 5.31. The van der Waals surface area contributed by atoms with E-state index in [1.807, 2.05) is 26.0 Å². The molecule has 3 aromatic heterocycles. The molecule has 2 atom stereocenters. The Morgan fingerprint density at radius 1 is 1.19 bits per heavy atom. The van der Waals surface area contributed by atoms with Gasteiger partial charge in [0.25, 0.3) is 0 Å². The fourth-order valence-electron chi connectivity index (χ4n) is 4.64. The highest BCUT2D eigenvalue weighted by atomic mass is 35.5. The number of anilines is 1. The first-order chi connectivity index (χ1) is 17.7. The summed E-state index contributed by atoms with van der Waals surface area (Å²) < 4.78 is 11.8. The van der Waals surface area contributed by atoms with Crippen molar-refractivity contribution in [3.05, 3.63) is 58.0 Å². The second-order valence-corrected chi connectivity index (χ2v) is 10.2. The molecule has 5 rings (SSSR count). The number of halogens is 2. The molecule has 11 heteroatoms.